The molecule has 2 rings (SSSR count). The van der Waals surface area contributed by atoms with Gasteiger partial charge < -0.3 is 5.32 Å². The average Bonchev–Trinajstić information content (AvgIpc) is 2.75. The lowest BCUT2D eigenvalue weighted by Crippen LogP contribution is -2.18. The van der Waals surface area contributed by atoms with Gasteiger partial charge >= 0.3 is 0 Å². The van der Waals surface area contributed by atoms with Crippen molar-refractivity contribution in [3.05, 3.63) is 55.6 Å². The van der Waals surface area contributed by atoms with E-state index in [1.807, 2.05) is 25.2 Å². The Labute approximate surface area is 119 Å². The van der Waals surface area contributed by atoms with E-state index in [2.05, 4.69) is 38.8 Å². The van der Waals surface area contributed by atoms with E-state index in [4.69, 9.17) is 11.6 Å². The molecule has 0 amide bonds. The minimum absolute atomic E-state index is 0.296. The summed E-state index contributed by atoms with van der Waals surface area (Å²) in [5, 5.41) is 6.27. The fourth-order valence-electron chi connectivity index (χ4n) is 1.76. The first-order chi connectivity index (χ1) is 8.22. The fourth-order valence-corrected chi connectivity index (χ4v) is 3.74. The second-order valence-corrected chi connectivity index (χ2v) is 5.98. The van der Waals surface area contributed by atoms with Gasteiger partial charge in [0.05, 0.1) is 0 Å². The Morgan fingerprint density at radius 3 is 2.71 bits per heavy atom. The molecule has 4 heteroatoms. The third-order valence-corrected chi connectivity index (χ3v) is 5.04. The molecular weight excluding hydrogens is 318 g/mol. The van der Waals surface area contributed by atoms with Crippen molar-refractivity contribution in [1.82, 2.24) is 5.32 Å². The molecule has 1 aromatic carbocycles. The highest BCUT2D eigenvalue weighted by atomic mass is 79.9. The third kappa shape index (κ3) is 3.10. The van der Waals surface area contributed by atoms with E-state index in [9.17, 15) is 0 Å². The van der Waals surface area contributed by atoms with Crippen LogP contribution in [0.2, 0.25) is 5.02 Å². The Morgan fingerprint density at radius 2 is 2.12 bits per heavy atom. The highest BCUT2D eigenvalue weighted by Gasteiger charge is 2.15. The molecule has 0 spiro atoms. The number of halogens is 2. The molecule has 90 valence electrons. The summed E-state index contributed by atoms with van der Waals surface area (Å²) in [4.78, 5) is 1.31. The van der Waals surface area contributed by atoms with Crippen LogP contribution < -0.4 is 5.32 Å². The number of hydrogen-bond donors (Lipinski definition) is 1. The van der Waals surface area contributed by atoms with Crippen molar-refractivity contribution in [2.75, 3.05) is 7.05 Å². The molecule has 0 fully saturated rings. The van der Waals surface area contributed by atoms with Crippen molar-refractivity contribution in [3.8, 4) is 0 Å². The lowest BCUT2D eigenvalue weighted by molar-refractivity contribution is 0.600. The van der Waals surface area contributed by atoms with Gasteiger partial charge in [-0.3, -0.25) is 0 Å². The van der Waals surface area contributed by atoms with E-state index in [-0.39, 0.29) is 0 Å². The predicted octanol–water partition coefficient (Wildman–Crippen LogP) is 4.67. The first-order valence-corrected chi connectivity index (χ1v) is 7.41. The van der Waals surface area contributed by atoms with Crippen LogP contribution in [0, 0.1) is 0 Å². The Kier molecular flexibility index (Phi) is 4.62. The summed E-state index contributed by atoms with van der Waals surface area (Å²) in [6.07, 6.45) is 0.898. The van der Waals surface area contributed by atoms with E-state index in [1.165, 1.54) is 10.4 Å². The Hall–Kier alpha value is -0.350. The Bertz CT molecular complexity index is 498. The number of hydrogen-bond acceptors (Lipinski definition) is 2. The van der Waals surface area contributed by atoms with Crippen molar-refractivity contribution in [1.29, 1.82) is 0 Å². The van der Waals surface area contributed by atoms with Crippen LogP contribution >= 0.6 is 38.9 Å². The fraction of sp³-hybridized carbons (Fsp3) is 0.231. The molecule has 2 aromatic rings. The SMILES string of the molecule is CNC(Cc1ccccc1Cl)c1sccc1Br. The summed E-state index contributed by atoms with van der Waals surface area (Å²) in [6, 6.07) is 10.4. The van der Waals surface area contributed by atoms with E-state index >= 15 is 0 Å². The standard InChI is InChI=1S/C13H13BrClNS/c1-16-12(13-10(14)6-7-17-13)8-9-4-2-3-5-11(9)15/h2-7,12,16H,8H2,1H3. The van der Waals surface area contributed by atoms with Crippen molar-refractivity contribution >= 4 is 38.9 Å². The molecule has 1 unspecified atom stereocenters. The second-order valence-electron chi connectivity index (χ2n) is 3.77. The number of benzene rings is 1. The van der Waals surface area contributed by atoms with E-state index < -0.39 is 0 Å². The number of nitrogens with one attached hydrogen (secondary N) is 1. The van der Waals surface area contributed by atoms with Crippen molar-refractivity contribution in [2.45, 2.75) is 12.5 Å². The monoisotopic (exact) mass is 329 g/mol. The van der Waals surface area contributed by atoms with E-state index in [0.29, 0.717) is 6.04 Å². The normalized spacial score (nSPS) is 12.6. The van der Waals surface area contributed by atoms with Gasteiger partial charge in [-0.1, -0.05) is 29.8 Å². The van der Waals surface area contributed by atoms with Gasteiger partial charge in [0.25, 0.3) is 0 Å². The molecule has 1 N–H and O–H groups in total. The maximum absolute atomic E-state index is 6.19. The van der Waals surface area contributed by atoms with Crippen LogP contribution in [0.4, 0.5) is 0 Å². The maximum atomic E-state index is 6.19. The number of thiophene rings is 1. The zero-order valence-corrected chi connectivity index (χ0v) is 12.6. The van der Waals surface area contributed by atoms with Crippen LogP contribution in [0.25, 0.3) is 0 Å². The third-order valence-electron chi connectivity index (χ3n) is 2.69. The van der Waals surface area contributed by atoms with Gasteiger partial charge in [0.1, 0.15) is 0 Å². The minimum Gasteiger partial charge on any atom is -0.312 e. The van der Waals surface area contributed by atoms with Crippen LogP contribution in [0.1, 0.15) is 16.5 Å². The molecular formula is C13H13BrClNS. The molecule has 0 saturated heterocycles. The van der Waals surface area contributed by atoms with Gasteiger partial charge in [0.15, 0.2) is 0 Å². The topological polar surface area (TPSA) is 12.0 Å². The van der Waals surface area contributed by atoms with Gasteiger partial charge in [-0.25, -0.2) is 0 Å². The Morgan fingerprint density at radius 1 is 1.35 bits per heavy atom. The molecule has 0 saturated carbocycles. The highest BCUT2D eigenvalue weighted by Crippen LogP contribution is 2.32. The zero-order chi connectivity index (χ0) is 12.3. The summed E-state index contributed by atoms with van der Waals surface area (Å²) < 4.78 is 1.16. The van der Waals surface area contributed by atoms with Gasteiger partial charge in [-0.15, -0.1) is 11.3 Å². The molecule has 0 bridgehead atoms. The number of rotatable bonds is 4. The van der Waals surface area contributed by atoms with Crippen molar-refractivity contribution < 1.29 is 0 Å². The first-order valence-electron chi connectivity index (χ1n) is 5.36. The van der Waals surface area contributed by atoms with Crippen LogP contribution in [0.3, 0.4) is 0 Å². The molecule has 1 aromatic heterocycles. The summed E-state index contributed by atoms with van der Waals surface area (Å²) in [5.41, 5.74) is 1.17. The smallest absolute Gasteiger partial charge is 0.0465 e. The van der Waals surface area contributed by atoms with Gasteiger partial charge in [0, 0.05) is 20.4 Å². The Balaban J connectivity index is 2.22. The average molecular weight is 331 g/mol. The quantitative estimate of drug-likeness (QED) is 0.859. The van der Waals surface area contributed by atoms with Gasteiger partial charge in [-0.2, -0.15) is 0 Å². The number of likely N-dealkylation sites (N-methyl/N-ethyl adjacent to an activating group) is 1. The van der Waals surface area contributed by atoms with Crippen LogP contribution in [-0.2, 0) is 6.42 Å². The van der Waals surface area contributed by atoms with Crippen LogP contribution in [-0.4, -0.2) is 7.05 Å². The lowest BCUT2D eigenvalue weighted by Gasteiger charge is -2.16. The zero-order valence-electron chi connectivity index (χ0n) is 9.41. The van der Waals surface area contributed by atoms with E-state index in [0.717, 1.165) is 15.9 Å². The van der Waals surface area contributed by atoms with Gasteiger partial charge in [-0.05, 0) is 52.5 Å². The minimum atomic E-state index is 0.296. The molecule has 17 heavy (non-hydrogen) atoms. The summed E-state index contributed by atoms with van der Waals surface area (Å²) in [6.45, 7) is 0. The largest absolute Gasteiger partial charge is 0.312 e. The molecule has 1 heterocycles. The van der Waals surface area contributed by atoms with E-state index in [1.54, 1.807) is 11.3 Å². The molecule has 1 nitrogen and oxygen atoms in total. The summed E-state index contributed by atoms with van der Waals surface area (Å²) >= 11 is 11.5. The molecule has 0 radical (unpaired) electrons. The molecule has 1 atom stereocenters. The van der Waals surface area contributed by atoms with Crippen LogP contribution in [0.5, 0.6) is 0 Å². The summed E-state index contributed by atoms with van der Waals surface area (Å²) in [5.74, 6) is 0. The second kappa shape index (κ2) is 6.01. The van der Waals surface area contributed by atoms with Crippen molar-refractivity contribution in [3.63, 3.8) is 0 Å². The molecule has 0 aliphatic rings. The first kappa shape index (κ1) is 13.1. The van der Waals surface area contributed by atoms with Gasteiger partial charge in [0.2, 0.25) is 0 Å². The highest BCUT2D eigenvalue weighted by molar-refractivity contribution is 9.10. The maximum Gasteiger partial charge on any atom is 0.0465 e. The van der Waals surface area contributed by atoms with Crippen molar-refractivity contribution in [2.24, 2.45) is 0 Å². The molecule has 0 aliphatic heterocycles. The lowest BCUT2D eigenvalue weighted by atomic mass is 10.0. The summed E-state index contributed by atoms with van der Waals surface area (Å²) in [7, 11) is 1.98. The van der Waals surface area contributed by atoms with Crippen LogP contribution in [0.15, 0.2) is 40.2 Å². The molecule has 0 aliphatic carbocycles. The predicted molar refractivity (Wildman–Crippen MR) is 79.0 cm³/mol.